The van der Waals surface area contributed by atoms with E-state index in [-0.39, 0.29) is 15.2 Å². The fraction of sp³-hybridized carbons (Fsp3) is 0.250. The van der Waals surface area contributed by atoms with Crippen LogP contribution in [0.1, 0.15) is 12.5 Å². The third-order valence-electron chi connectivity index (χ3n) is 2.65. The molecule has 0 atom stereocenters. The smallest absolute Gasteiger partial charge is 0.232 e. The largest absolute Gasteiger partial charge is 0.254 e. The van der Waals surface area contributed by atoms with Crippen LogP contribution in [0.25, 0.3) is 0 Å². The van der Waals surface area contributed by atoms with Gasteiger partial charge in [0.05, 0.1) is 6.20 Å². The van der Waals surface area contributed by atoms with E-state index in [4.69, 9.17) is 23.2 Å². The molecule has 0 spiro atoms. The lowest BCUT2D eigenvalue weighted by Gasteiger charge is -2.19. The second-order valence-electron chi connectivity index (χ2n) is 3.99. The maximum atomic E-state index is 12.5. The molecule has 1 aromatic carbocycles. The molecule has 1 heterocycles. The Morgan fingerprint density at radius 2 is 2.10 bits per heavy atom. The average Bonchev–Trinajstić information content (AvgIpc) is 2.83. The molecule has 0 aliphatic heterocycles. The van der Waals surface area contributed by atoms with E-state index in [0.717, 1.165) is 16.9 Å². The lowest BCUT2D eigenvalue weighted by Crippen LogP contribution is -2.29. The molecule has 0 aliphatic rings. The summed E-state index contributed by atoms with van der Waals surface area (Å²) < 4.78 is 26.7. The standard InChI is InChI=1S/C12H12Cl2N2O2S2/c1-2-16(8-9-4-3-5-10(13)6-9)20(17,18)11-7-15-12(14)19-11/h3-7H,2,8H2,1H3. The van der Waals surface area contributed by atoms with Crippen LogP contribution >= 0.6 is 34.5 Å². The van der Waals surface area contributed by atoms with Crippen molar-refractivity contribution >= 4 is 44.6 Å². The van der Waals surface area contributed by atoms with Crippen LogP contribution in [-0.4, -0.2) is 24.3 Å². The number of halogens is 2. The number of hydrogen-bond donors (Lipinski definition) is 0. The van der Waals surface area contributed by atoms with Crippen molar-refractivity contribution in [3.63, 3.8) is 0 Å². The van der Waals surface area contributed by atoms with Gasteiger partial charge in [0.25, 0.3) is 10.0 Å². The molecule has 0 aliphatic carbocycles. The Morgan fingerprint density at radius 1 is 1.35 bits per heavy atom. The van der Waals surface area contributed by atoms with E-state index in [1.807, 2.05) is 6.07 Å². The van der Waals surface area contributed by atoms with Crippen LogP contribution in [0.4, 0.5) is 0 Å². The molecule has 0 saturated heterocycles. The van der Waals surface area contributed by atoms with Crippen molar-refractivity contribution in [1.82, 2.24) is 9.29 Å². The molecule has 0 radical (unpaired) electrons. The summed E-state index contributed by atoms with van der Waals surface area (Å²) in [5.74, 6) is 0. The lowest BCUT2D eigenvalue weighted by molar-refractivity contribution is 0.425. The van der Waals surface area contributed by atoms with Crippen LogP contribution in [0.3, 0.4) is 0 Å². The summed E-state index contributed by atoms with van der Waals surface area (Å²) in [7, 11) is -3.58. The highest BCUT2D eigenvalue weighted by atomic mass is 35.5. The molecule has 0 fully saturated rings. The molecule has 0 saturated carbocycles. The van der Waals surface area contributed by atoms with Crippen molar-refractivity contribution in [1.29, 1.82) is 0 Å². The van der Waals surface area contributed by atoms with E-state index in [2.05, 4.69) is 4.98 Å². The van der Waals surface area contributed by atoms with Crippen molar-refractivity contribution in [2.45, 2.75) is 17.7 Å². The number of sulfonamides is 1. The van der Waals surface area contributed by atoms with Gasteiger partial charge in [-0.15, -0.1) is 0 Å². The zero-order valence-electron chi connectivity index (χ0n) is 10.6. The summed E-state index contributed by atoms with van der Waals surface area (Å²) in [5, 5.41) is 0.580. The van der Waals surface area contributed by atoms with Gasteiger partial charge in [-0.05, 0) is 17.7 Å². The first kappa shape index (κ1) is 15.7. The fourth-order valence-electron chi connectivity index (χ4n) is 1.69. The van der Waals surface area contributed by atoms with Gasteiger partial charge in [0, 0.05) is 18.1 Å². The average molecular weight is 351 g/mol. The number of nitrogens with zero attached hydrogens (tertiary/aromatic N) is 2. The first-order chi connectivity index (χ1) is 9.43. The molecule has 2 rings (SSSR count). The Morgan fingerprint density at radius 3 is 2.65 bits per heavy atom. The van der Waals surface area contributed by atoms with E-state index in [9.17, 15) is 8.42 Å². The molecular formula is C12H12Cl2N2O2S2. The first-order valence-electron chi connectivity index (χ1n) is 5.79. The Hall–Kier alpha value is -0.660. The second kappa shape index (κ2) is 6.41. The van der Waals surface area contributed by atoms with E-state index in [0.29, 0.717) is 11.6 Å². The number of rotatable bonds is 5. The van der Waals surface area contributed by atoms with Crippen molar-refractivity contribution in [3.05, 3.63) is 45.5 Å². The van der Waals surface area contributed by atoms with Gasteiger partial charge in [-0.3, -0.25) is 0 Å². The third-order valence-corrected chi connectivity index (χ3v) is 6.36. The molecule has 1 aromatic heterocycles. The zero-order chi connectivity index (χ0) is 14.8. The molecule has 0 bridgehead atoms. The van der Waals surface area contributed by atoms with Gasteiger partial charge in [-0.1, -0.05) is 53.6 Å². The van der Waals surface area contributed by atoms with Gasteiger partial charge in [-0.25, -0.2) is 13.4 Å². The van der Waals surface area contributed by atoms with E-state index in [1.165, 1.54) is 10.5 Å². The van der Waals surface area contributed by atoms with Crippen molar-refractivity contribution in [2.75, 3.05) is 6.54 Å². The van der Waals surface area contributed by atoms with Gasteiger partial charge >= 0.3 is 0 Å². The second-order valence-corrected chi connectivity index (χ2v) is 8.21. The van der Waals surface area contributed by atoms with Gasteiger partial charge in [0.15, 0.2) is 8.68 Å². The Kier molecular flexibility index (Phi) is 5.04. The van der Waals surface area contributed by atoms with Crippen LogP contribution in [-0.2, 0) is 16.6 Å². The Balaban J connectivity index is 2.28. The third kappa shape index (κ3) is 3.51. The summed E-state index contributed by atoms with van der Waals surface area (Å²) in [6.07, 6.45) is 1.28. The summed E-state index contributed by atoms with van der Waals surface area (Å²) in [6.45, 7) is 2.39. The van der Waals surface area contributed by atoms with Crippen LogP contribution in [0.5, 0.6) is 0 Å². The monoisotopic (exact) mass is 350 g/mol. The maximum absolute atomic E-state index is 12.5. The van der Waals surface area contributed by atoms with Crippen LogP contribution in [0.2, 0.25) is 9.49 Å². The molecule has 2 aromatic rings. The van der Waals surface area contributed by atoms with Crippen LogP contribution in [0.15, 0.2) is 34.7 Å². The highest BCUT2D eigenvalue weighted by Gasteiger charge is 2.25. The van der Waals surface area contributed by atoms with Crippen molar-refractivity contribution in [3.8, 4) is 0 Å². The molecule has 0 N–H and O–H groups in total. The topological polar surface area (TPSA) is 50.3 Å². The molecule has 8 heteroatoms. The predicted molar refractivity (Wildman–Crippen MR) is 81.8 cm³/mol. The van der Waals surface area contributed by atoms with E-state index in [1.54, 1.807) is 25.1 Å². The molecular weight excluding hydrogens is 339 g/mol. The number of thiazole rings is 1. The van der Waals surface area contributed by atoms with Crippen molar-refractivity contribution in [2.24, 2.45) is 0 Å². The quantitative estimate of drug-likeness (QED) is 0.826. The highest BCUT2D eigenvalue weighted by Crippen LogP contribution is 2.26. The van der Waals surface area contributed by atoms with Gasteiger partial charge in [0.1, 0.15) is 0 Å². The van der Waals surface area contributed by atoms with E-state index >= 15 is 0 Å². The van der Waals surface area contributed by atoms with Gasteiger partial charge < -0.3 is 0 Å². The highest BCUT2D eigenvalue weighted by molar-refractivity contribution is 7.91. The first-order valence-corrected chi connectivity index (χ1v) is 8.80. The normalized spacial score (nSPS) is 12.0. The zero-order valence-corrected chi connectivity index (χ0v) is 13.7. The predicted octanol–water partition coefficient (Wildman–Crippen LogP) is 3.66. The van der Waals surface area contributed by atoms with Gasteiger partial charge in [0.2, 0.25) is 0 Å². The molecule has 4 nitrogen and oxygen atoms in total. The summed E-state index contributed by atoms with van der Waals surface area (Å²) in [4.78, 5) is 3.78. The minimum Gasteiger partial charge on any atom is -0.232 e. The molecule has 20 heavy (non-hydrogen) atoms. The minimum absolute atomic E-state index is 0.145. The molecule has 108 valence electrons. The number of hydrogen-bond acceptors (Lipinski definition) is 4. The minimum atomic E-state index is -3.58. The van der Waals surface area contributed by atoms with Crippen molar-refractivity contribution < 1.29 is 8.42 Å². The summed E-state index contributed by atoms with van der Waals surface area (Å²) in [5.41, 5.74) is 0.832. The van der Waals surface area contributed by atoms with Crippen LogP contribution in [0, 0.1) is 0 Å². The Bertz CT molecular complexity index is 701. The Labute approximate surface area is 132 Å². The number of benzene rings is 1. The lowest BCUT2D eigenvalue weighted by atomic mass is 10.2. The molecule has 0 amide bonds. The van der Waals surface area contributed by atoms with Crippen LogP contribution < -0.4 is 0 Å². The van der Waals surface area contributed by atoms with Gasteiger partial charge in [-0.2, -0.15) is 4.31 Å². The SMILES string of the molecule is CCN(Cc1cccc(Cl)c1)S(=O)(=O)c1cnc(Cl)s1. The maximum Gasteiger partial charge on any atom is 0.254 e. The fourth-order valence-corrected chi connectivity index (χ4v) is 4.79. The van der Waals surface area contributed by atoms with E-state index < -0.39 is 10.0 Å². The molecule has 0 unspecified atom stereocenters. The number of aromatic nitrogens is 1. The summed E-state index contributed by atoms with van der Waals surface area (Å²) in [6, 6.07) is 7.13. The summed E-state index contributed by atoms with van der Waals surface area (Å²) >= 11 is 12.6.